The van der Waals surface area contributed by atoms with E-state index in [9.17, 15) is 5.11 Å². The smallest absolute Gasteiger partial charge is 0.150 e. The van der Waals surface area contributed by atoms with Crippen molar-refractivity contribution in [1.29, 1.82) is 0 Å². The molecule has 2 rings (SSSR count). The Morgan fingerprint density at radius 1 is 1.33 bits per heavy atom. The summed E-state index contributed by atoms with van der Waals surface area (Å²) in [6.07, 6.45) is 3.31. The van der Waals surface area contributed by atoms with Crippen molar-refractivity contribution in [3.05, 3.63) is 17.6 Å². The molecule has 1 aromatic rings. The standard InChI is InChI=1S/C11H17N3O/c1-8-7-12-9(2)11(13-8)14-5-3-10(15)4-6-14/h7,10,15H,3-6H2,1-2H3. The van der Waals surface area contributed by atoms with Gasteiger partial charge in [0.05, 0.1) is 17.5 Å². The molecule has 1 saturated heterocycles. The Morgan fingerprint density at radius 2 is 2.00 bits per heavy atom. The largest absolute Gasteiger partial charge is 0.393 e. The third-order valence-corrected chi connectivity index (χ3v) is 2.81. The van der Waals surface area contributed by atoms with Crippen molar-refractivity contribution >= 4 is 5.82 Å². The predicted octanol–water partition coefficient (Wildman–Crippen LogP) is 1.05. The molecule has 1 fully saturated rings. The van der Waals surface area contributed by atoms with Gasteiger partial charge in [0.25, 0.3) is 0 Å². The van der Waals surface area contributed by atoms with Gasteiger partial charge < -0.3 is 10.0 Å². The van der Waals surface area contributed by atoms with Gasteiger partial charge in [-0.15, -0.1) is 0 Å². The van der Waals surface area contributed by atoms with Crippen LogP contribution >= 0.6 is 0 Å². The fraction of sp³-hybridized carbons (Fsp3) is 0.636. The molecule has 1 aliphatic rings. The molecule has 15 heavy (non-hydrogen) atoms. The highest BCUT2D eigenvalue weighted by Gasteiger charge is 2.19. The van der Waals surface area contributed by atoms with Crippen molar-refractivity contribution < 1.29 is 5.11 Å². The number of hydrogen-bond donors (Lipinski definition) is 1. The van der Waals surface area contributed by atoms with Crippen molar-refractivity contribution in [1.82, 2.24) is 9.97 Å². The molecule has 2 heterocycles. The minimum Gasteiger partial charge on any atom is -0.393 e. The summed E-state index contributed by atoms with van der Waals surface area (Å²) in [7, 11) is 0. The zero-order valence-corrected chi connectivity index (χ0v) is 9.27. The summed E-state index contributed by atoms with van der Waals surface area (Å²) in [5, 5.41) is 9.44. The van der Waals surface area contributed by atoms with Crippen LogP contribution in [0.4, 0.5) is 5.82 Å². The minimum atomic E-state index is -0.140. The number of aromatic nitrogens is 2. The first-order valence-corrected chi connectivity index (χ1v) is 5.40. The first-order chi connectivity index (χ1) is 7.16. The maximum atomic E-state index is 9.44. The van der Waals surface area contributed by atoms with Gasteiger partial charge in [0.2, 0.25) is 0 Å². The van der Waals surface area contributed by atoms with Crippen LogP contribution in [0.25, 0.3) is 0 Å². The van der Waals surface area contributed by atoms with Crippen LogP contribution in [0, 0.1) is 13.8 Å². The maximum absolute atomic E-state index is 9.44. The van der Waals surface area contributed by atoms with Gasteiger partial charge in [-0.3, -0.25) is 4.98 Å². The molecule has 0 spiro atoms. The lowest BCUT2D eigenvalue weighted by atomic mass is 10.1. The minimum absolute atomic E-state index is 0.140. The predicted molar refractivity (Wildman–Crippen MR) is 59.0 cm³/mol. The summed E-state index contributed by atoms with van der Waals surface area (Å²) in [4.78, 5) is 11.0. The van der Waals surface area contributed by atoms with E-state index in [-0.39, 0.29) is 6.10 Å². The molecular formula is C11H17N3O. The summed E-state index contributed by atoms with van der Waals surface area (Å²) < 4.78 is 0. The highest BCUT2D eigenvalue weighted by atomic mass is 16.3. The Hall–Kier alpha value is -1.16. The fourth-order valence-corrected chi connectivity index (χ4v) is 1.90. The van der Waals surface area contributed by atoms with Crippen LogP contribution < -0.4 is 4.90 Å². The molecule has 0 radical (unpaired) electrons. The highest BCUT2D eigenvalue weighted by molar-refractivity contribution is 5.43. The third kappa shape index (κ3) is 2.26. The summed E-state index contributed by atoms with van der Waals surface area (Å²) in [5.41, 5.74) is 1.92. The quantitative estimate of drug-likeness (QED) is 0.748. The summed E-state index contributed by atoms with van der Waals surface area (Å²) in [5.74, 6) is 0.974. The second-order valence-corrected chi connectivity index (χ2v) is 4.14. The van der Waals surface area contributed by atoms with Crippen LogP contribution in [-0.2, 0) is 0 Å². The van der Waals surface area contributed by atoms with E-state index < -0.39 is 0 Å². The van der Waals surface area contributed by atoms with E-state index in [1.165, 1.54) is 0 Å². The number of anilines is 1. The SMILES string of the molecule is Cc1cnc(C)c(N2CCC(O)CC2)n1. The van der Waals surface area contributed by atoms with E-state index in [2.05, 4.69) is 14.9 Å². The molecule has 1 aliphatic heterocycles. The van der Waals surface area contributed by atoms with Crippen LogP contribution in [0.2, 0.25) is 0 Å². The molecule has 0 aromatic carbocycles. The van der Waals surface area contributed by atoms with Gasteiger partial charge in [-0.25, -0.2) is 4.98 Å². The van der Waals surface area contributed by atoms with Gasteiger partial charge >= 0.3 is 0 Å². The second kappa shape index (κ2) is 4.14. The molecule has 4 heteroatoms. The summed E-state index contributed by atoms with van der Waals surface area (Å²) in [6.45, 7) is 5.68. The zero-order chi connectivity index (χ0) is 10.8. The van der Waals surface area contributed by atoms with Crippen LogP contribution in [0.3, 0.4) is 0 Å². The number of aliphatic hydroxyl groups is 1. The van der Waals surface area contributed by atoms with Gasteiger partial charge in [0, 0.05) is 19.3 Å². The number of piperidine rings is 1. The van der Waals surface area contributed by atoms with E-state index in [4.69, 9.17) is 0 Å². The molecule has 4 nitrogen and oxygen atoms in total. The van der Waals surface area contributed by atoms with Crippen molar-refractivity contribution in [3.63, 3.8) is 0 Å². The average Bonchev–Trinajstić information content (AvgIpc) is 2.23. The number of aliphatic hydroxyl groups excluding tert-OH is 1. The lowest BCUT2D eigenvalue weighted by Gasteiger charge is -2.31. The Bertz CT molecular complexity index is 346. The topological polar surface area (TPSA) is 49.2 Å². The molecule has 1 aromatic heterocycles. The van der Waals surface area contributed by atoms with E-state index in [0.717, 1.165) is 43.1 Å². The Morgan fingerprint density at radius 3 is 2.67 bits per heavy atom. The lowest BCUT2D eigenvalue weighted by molar-refractivity contribution is 0.145. The lowest BCUT2D eigenvalue weighted by Crippen LogP contribution is -2.36. The summed E-state index contributed by atoms with van der Waals surface area (Å²) >= 11 is 0. The van der Waals surface area contributed by atoms with Gasteiger partial charge in [-0.05, 0) is 26.7 Å². The molecule has 1 N–H and O–H groups in total. The molecule has 0 atom stereocenters. The van der Waals surface area contributed by atoms with Gasteiger partial charge in [-0.2, -0.15) is 0 Å². The third-order valence-electron chi connectivity index (χ3n) is 2.81. The fourth-order valence-electron chi connectivity index (χ4n) is 1.90. The second-order valence-electron chi connectivity index (χ2n) is 4.14. The molecule has 0 bridgehead atoms. The first kappa shape index (κ1) is 10.4. The highest BCUT2D eigenvalue weighted by Crippen LogP contribution is 2.20. The number of nitrogens with zero attached hydrogens (tertiary/aromatic N) is 3. The molecule has 82 valence electrons. The number of rotatable bonds is 1. The van der Waals surface area contributed by atoms with Gasteiger partial charge in [0.1, 0.15) is 5.82 Å². The van der Waals surface area contributed by atoms with E-state index in [1.54, 1.807) is 6.20 Å². The van der Waals surface area contributed by atoms with Crippen LogP contribution in [-0.4, -0.2) is 34.3 Å². The van der Waals surface area contributed by atoms with Crippen LogP contribution in [0.5, 0.6) is 0 Å². The normalized spacial score (nSPS) is 18.2. The molecule has 0 aliphatic carbocycles. The average molecular weight is 207 g/mol. The monoisotopic (exact) mass is 207 g/mol. The molecular weight excluding hydrogens is 190 g/mol. The molecule has 0 saturated carbocycles. The van der Waals surface area contributed by atoms with E-state index in [0.29, 0.717) is 0 Å². The number of hydrogen-bond acceptors (Lipinski definition) is 4. The van der Waals surface area contributed by atoms with Crippen LogP contribution in [0.15, 0.2) is 6.20 Å². The van der Waals surface area contributed by atoms with Crippen molar-refractivity contribution in [2.24, 2.45) is 0 Å². The van der Waals surface area contributed by atoms with Crippen LogP contribution in [0.1, 0.15) is 24.2 Å². The van der Waals surface area contributed by atoms with Crippen molar-refractivity contribution in [3.8, 4) is 0 Å². The summed E-state index contributed by atoms with van der Waals surface area (Å²) in [6, 6.07) is 0. The maximum Gasteiger partial charge on any atom is 0.150 e. The van der Waals surface area contributed by atoms with Crippen molar-refractivity contribution in [2.75, 3.05) is 18.0 Å². The first-order valence-electron chi connectivity index (χ1n) is 5.40. The number of aryl methyl sites for hydroxylation is 2. The Labute approximate surface area is 90.0 Å². The Balaban J connectivity index is 2.18. The zero-order valence-electron chi connectivity index (χ0n) is 9.27. The molecule has 0 unspecified atom stereocenters. The van der Waals surface area contributed by atoms with Gasteiger partial charge in [0.15, 0.2) is 0 Å². The van der Waals surface area contributed by atoms with E-state index >= 15 is 0 Å². The van der Waals surface area contributed by atoms with Gasteiger partial charge in [-0.1, -0.05) is 0 Å². The van der Waals surface area contributed by atoms with E-state index in [1.807, 2.05) is 13.8 Å². The Kier molecular flexibility index (Phi) is 2.86. The molecule has 0 amide bonds. The van der Waals surface area contributed by atoms with Crippen molar-refractivity contribution in [2.45, 2.75) is 32.8 Å².